The van der Waals surface area contributed by atoms with Crippen molar-refractivity contribution in [3.05, 3.63) is 0 Å². The van der Waals surface area contributed by atoms with Gasteiger partial charge in [0.25, 0.3) is 0 Å². The number of imide groups is 1. The number of nitrogens with zero attached hydrogens (tertiary/aromatic N) is 1. The summed E-state index contributed by atoms with van der Waals surface area (Å²) in [5.74, 6) is -0.310. The van der Waals surface area contributed by atoms with Crippen molar-refractivity contribution in [3.63, 3.8) is 0 Å². The largest absolute Gasteiger partial charge is 0.353 e. The van der Waals surface area contributed by atoms with Crippen LogP contribution < -0.4 is 0 Å². The molecule has 2 aliphatic heterocycles. The first-order valence-corrected chi connectivity index (χ1v) is 5.76. The number of carbonyl (C=O) groups is 2. The number of carbonyl (C=O) groups excluding carboxylic acids is 2. The molecule has 0 aromatic carbocycles. The first-order valence-electron chi connectivity index (χ1n) is 5.76. The minimum Gasteiger partial charge on any atom is -0.353 e. The van der Waals surface area contributed by atoms with Crippen LogP contribution in [0.2, 0.25) is 0 Å². The first kappa shape index (κ1) is 11.5. The maximum atomic E-state index is 11.6. The molecule has 5 heteroatoms. The van der Waals surface area contributed by atoms with Gasteiger partial charge in [0.15, 0.2) is 6.29 Å². The summed E-state index contributed by atoms with van der Waals surface area (Å²) in [6, 6.07) is 0. The van der Waals surface area contributed by atoms with Gasteiger partial charge >= 0.3 is 0 Å². The third-order valence-electron chi connectivity index (χ3n) is 2.95. The van der Waals surface area contributed by atoms with Crippen LogP contribution >= 0.6 is 0 Å². The van der Waals surface area contributed by atoms with E-state index in [0.29, 0.717) is 32.6 Å². The number of likely N-dealkylation sites (tertiary alicyclic amines) is 1. The molecule has 0 spiro atoms. The van der Waals surface area contributed by atoms with Crippen molar-refractivity contribution in [3.8, 4) is 0 Å². The van der Waals surface area contributed by atoms with Gasteiger partial charge in [-0.05, 0) is 6.42 Å². The third-order valence-corrected chi connectivity index (χ3v) is 2.95. The Kier molecular flexibility index (Phi) is 3.56. The minimum absolute atomic E-state index is 0.0687. The maximum absolute atomic E-state index is 11.6. The summed E-state index contributed by atoms with van der Waals surface area (Å²) in [4.78, 5) is 24.4. The van der Waals surface area contributed by atoms with E-state index in [4.69, 9.17) is 9.47 Å². The summed E-state index contributed by atoms with van der Waals surface area (Å²) in [5.41, 5.74) is 0. The second kappa shape index (κ2) is 4.93. The fraction of sp³-hybridized carbons (Fsp3) is 0.818. The summed E-state index contributed by atoms with van der Waals surface area (Å²) in [5, 5.41) is 0. The second-order valence-electron chi connectivity index (χ2n) is 4.30. The molecule has 2 saturated heterocycles. The Hall–Kier alpha value is -0.940. The Morgan fingerprint density at radius 3 is 2.56 bits per heavy atom. The number of rotatable bonds is 3. The molecule has 0 aromatic rings. The molecule has 0 N–H and O–H groups in total. The molecule has 16 heavy (non-hydrogen) atoms. The average Bonchev–Trinajstić information content (AvgIpc) is 2.53. The Bertz CT molecular complexity index is 286. The lowest BCUT2D eigenvalue weighted by molar-refractivity contribution is -0.183. The molecule has 2 fully saturated rings. The first-order chi connectivity index (χ1) is 7.68. The summed E-state index contributed by atoms with van der Waals surface area (Å²) in [7, 11) is 0. The van der Waals surface area contributed by atoms with Gasteiger partial charge in [0.05, 0.1) is 13.2 Å². The standard InChI is InChI=1S/C11H17NO4/c1-8-7-9(13)12(11(8)14)4-3-10-15-5-2-6-16-10/h8,10H,2-7H2,1H3. The van der Waals surface area contributed by atoms with Crippen LogP contribution in [0.3, 0.4) is 0 Å². The lowest BCUT2D eigenvalue weighted by atomic mass is 10.1. The molecule has 0 bridgehead atoms. The molecular weight excluding hydrogens is 210 g/mol. The van der Waals surface area contributed by atoms with Crippen LogP contribution in [0.15, 0.2) is 0 Å². The quantitative estimate of drug-likeness (QED) is 0.660. The van der Waals surface area contributed by atoms with Crippen LogP contribution in [0.25, 0.3) is 0 Å². The Labute approximate surface area is 94.7 Å². The number of hydrogen-bond acceptors (Lipinski definition) is 4. The smallest absolute Gasteiger partial charge is 0.232 e. The van der Waals surface area contributed by atoms with Crippen LogP contribution in [0.1, 0.15) is 26.2 Å². The molecule has 2 rings (SSSR count). The van der Waals surface area contributed by atoms with Gasteiger partial charge in [-0.15, -0.1) is 0 Å². The molecule has 0 aromatic heterocycles. The zero-order valence-corrected chi connectivity index (χ0v) is 9.48. The monoisotopic (exact) mass is 227 g/mol. The third kappa shape index (κ3) is 2.41. The van der Waals surface area contributed by atoms with Gasteiger partial charge in [-0.2, -0.15) is 0 Å². The van der Waals surface area contributed by atoms with Crippen LogP contribution in [-0.4, -0.2) is 42.8 Å². The van der Waals surface area contributed by atoms with Crippen molar-refractivity contribution < 1.29 is 19.1 Å². The van der Waals surface area contributed by atoms with E-state index in [0.717, 1.165) is 6.42 Å². The zero-order valence-electron chi connectivity index (χ0n) is 9.48. The van der Waals surface area contributed by atoms with Crippen molar-refractivity contribution in [2.45, 2.75) is 32.5 Å². The van der Waals surface area contributed by atoms with Crippen molar-refractivity contribution in [2.24, 2.45) is 5.92 Å². The highest BCUT2D eigenvalue weighted by molar-refractivity contribution is 6.03. The van der Waals surface area contributed by atoms with E-state index < -0.39 is 0 Å². The highest BCUT2D eigenvalue weighted by Crippen LogP contribution is 2.20. The van der Waals surface area contributed by atoms with Crippen LogP contribution in [0.5, 0.6) is 0 Å². The van der Waals surface area contributed by atoms with Gasteiger partial charge in [0.1, 0.15) is 0 Å². The molecule has 0 aliphatic carbocycles. The van der Waals surface area contributed by atoms with E-state index >= 15 is 0 Å². The van der Waals surface area contributed by atoms with E-state index in [1.54, 1.807) is 6.92 Å². The van der Waals surface area contributed by atoms with E-state index in [-0.39, 0.29) is 24.0 Å². The lowest BCUT2D eigenvalue weighted by Gasteiger charge is -2.24. The predicted molar refractivity (Wildman–Crippen MR) is 55.4 cm³/mol. The molecule has 1 unspecified atom stereocenters. The van der Waals surface area contributed by atoms with Crippen molar-refractivity contribution in [1.29, 1.82) is 0 Å². The summed E-state index contributed by atoms with van der Waals surface area (Å²) < 4.78 is 10.7. The molecule has 2 aliphatic rings. The van der Waals surface area contributed by atoms with E-state index in [9.17, 15) is 9.59 Å². The molecule has 90 valence electrons. The predicted octanol–water partition coefficient (Wildman–Crippen LogP) is 0.534. The van der Waals surface area contributed by atoms with Crippen molar-refractivity contribution >= 4 is 11.8 Å². The zero-order chi connectivity index (χ0) is 11.5. The highest BCUT2D eigenvalue weighted by atomic mass is 16.7. The summed E-state index contributed by atoms with van der Waals surface area (Å²) in [6.45, 7) is 3.59. The SMILES string of the molecule is CC1CC(=O)N(CCC2OCCCO2)C1=O. The fourth-order valence-corrected chi connectivity index (χ4v) is 2.02. The minimum atomic E-state index is -0.259. The molecule has 0 radical (unpaired) electrons. The Morgan fingerprint density at radius 2 is 2.00 bits per heavy atom. The average molecular weight is 227 g/mol. The lowest BCUT2D eigenvalue weighted by Crippen LogP contribution is -2.35. The summed E-state index contributed by atoms with van der Waals surface area (Å²) in [6.07, 6.45) is 1.56. The molecule has 2 heterocycles. The number of amides is 2. The second-order valence-corrected chi connectivity index (χ2v) is 4.30. The van der Waals surface area contributed by atoms with Crippen LogP contribution in [0, 0.1) is 5.92 Å². The van der Waals surface area contributed by atoms with Gasteiger partial charge in [-0.25, -0.2) is 0 Å². The number of ether oxygens (including phenoxy) is 2. The van der Waals surface area contributed by atoms with E-state index in [2.05, 4.69) is 0 Å². The van der Waals surface area contributed by atoms with Crippen LogP contribution in [0.4, 0.5) is 0 Å². The molecule has 1 atom stereocenters. The van der Waals surface area contributed by atoms with Crippen molar-refractivity contribution in [1.82, 2.24) is 4.90 Å². The van der Waals surface area contributed by atoms with Gasteiger partial charge in [-0.3, -0.25) is 14.5 Å². The maximum Gasteiger partial charge on any atom is 0.232 e. The van der Waals surface area contributed by atoms with Gasteiger partial charge in [0.2, 0.25) is 11.8 Å². The van der Waals surface area contributed by atoms with Gasteiger partial charge in [-0.1, -0.05) is 6.92 Å². The Balaban J connectivity index is 1.80. The van der Waals surface area contributed by atoms with Crippen LogP contribution in [-0.2, 0) is 19.1 Å². The molecular formula is C11H17NO4. The van der Waals surface area contributed by atoms with Gasteiger partial charge in [0, 0.05) is 25.3 Å². The topological polar surface area (TPSA) is 55.8 Å². The van der Waals surface area contributed by atoms with E-state index in [1.807, 2.05) is 0 Å². The molecule has 0 saturated carbocycles. The highest BCUT2D eigenvalue weighted by Gasteiger charge is 2.35. The summed E-state index contributed by atoms with van der Waals surface area (Å²) >= 11 is 0. The normalized spacial score (nSPS) is 27.8. The Morgan fingerprint density at radius 1 is 1.31 bits per heavy atom. The fourth-order valence-electron chi connectivity index (χ4n) is 2.02. The van der Waals surface area contributed by atoms with Gasteiger partial charge < -0.3 is 9.47 Å². The van der Waals surface area contributed by atoms with Crippen molar-refractivity contribution in [2.75, 3.05) is 19.8 Å². The van der Waals surface area contributed by atoms with E-state index in [1.165, 1.54) is 4.90 Å². The number of hydrogen-bond donors (Lipinski definition) is 0. The molecule has 2 amide bonds. The molecule has 5 nitrogen and oxygen atoms in total.